The summed E-state index contributed by atoms with van der Waals surface area (Å²) in [4.78, 5) is 14.7. The summed E-state index contributed by atoms with van der Waals surface area (Å²) in [7, 11) is -3.56. The van der Waals surface area contributed by atoms with Crippen LogP contribution in [0.5, 0.6) is 0 Å². The van der Waals surface area contributed by atoms with Gasteiger partial charge in [0.1, 0.15) is 0 Å². The first kappa shape index (κ1) is 19.3. The van der Waals surface area contributed by atoms with Gasteiger partial charge in [-0.25, -0.2) is 8.42 Å². The highest BCUT2D eigenvalue weighted by molar-refractivity contribution is 7.89. The minimum atomic E-state index is -3.56. The predicted molar refractivity (Wildman–Crippen MR) is 99.5 cm³/mol. The first-order valence-corrected chi connectivity index (χ1v) is 10.6. The Hall–Kier alpha value is -1.48. The zero-order valence-corrected chi connectivity index (χ0v) is 16.0. The van der Waals surface area contributed by atoms with E-state index in [1.54, 1.807) is 18.2 Å². The molecule has 26 heavy (non-hydrogen) atoms. The number of piperidine rings is 1. The summed E-state index contributed by atoms with van der Waals surface area (Å²) < 4.78 is 32.1. The van der Waals surface area contributed by atoms with Crippen LogP contribution >= 0.6 is 0 Å². The molecule has 1 aromatic rings. The van der Waals surface area contributed by atoms with E-state index in [1.807, 2.05) is 0 Å². The maximum Gasteiger partial charge on any atom is 0.243 e. The molecule has 0 bridgehead atoms. The number of nitrogens with one attached hydrogen (secondary N) is 1. The van der Waals surface area contributed by atoms with Crippen LogP contribution in [-0.4, -0.2) is 69.5 Å². The third-order valence-corrected chi connectivity index (χ3v) is 6.73. The standard InChI is InChI=1S/C18H27N3O4S/c1-15-4-3-7-20(13-15)14-18(22)19-16-5-2-6-17(12-16)26(23,24)21-8-10-25-11-9-21/h2,5-6,12,15H,3-4,7-11,13-14H2,1H3,(H,19,22). The van der Waals surface area contributed by atoms with Crippen LogP contribution in [0.1, 0.15) is 19.8 Å². The quantitative estimate of drug-likeness (QED) is 0.834. The van der Waals surface area contributed by atoms with Crippen molar-refractivity contribution in [2.45, 2.75) is 24.7 Å². The largest absolute Gasteiger partial charge is 0.379 e. The fourth-order valence-corrected chi connectivity index (χ4v) is 4.96. The van der Waals surface area contributed by atoms with Gasteiger partial charge in [-0.2, -0.15) is 4.31 Å². The number of ether oxygens (including phenoxy) is 1. The number of amides is 1. The Morgan fingerprint density at radius 3 is 2.77 bits per heavy atom. The average Bonchev–Trinajstić information content (AvgIpc) is 2.62. The van der Waals surface area contributed by atoms with Gasteiger partial charge in [-0.15, -0.1) is 0 Å². The highest BCUT2D eigenvalue weighted by Crippen LogP contribution is 2.21. The maximum atomic E-state index is 12.7. The number of hydrogen-bond acceptors (Lipinski definition) is 5. The van der Waals surface area contributed by atoms with Crippen LogP contribution < -0.4 is 5.32 Å². The lowest BCUT2D eigenvalue weighted by Gasteiger charge is -2.30. The van der Waals surface area contributed by atoms with Gasteiger partial charge in [-0.3, -0.25) is 9.69 Å². The summed E-state index contributed by atoms with van der Waals surface area (Å²) in [5.74, 6) is 0.499. The van der Waals surface area contributed by atoms with Gasteiger partial charge in [0.2, 0.25) is 15.9 Å². The molecular formula is C18H27N3O4S. The van der Waals surface area contributed by atoms with E-state index in [-0.39, 0.29) is 10.8 Å². The van der Waals surface area contributed by atoms with Crippen molar-refractivity contribution in [2.75, 3.05) is 51.3 Å². The molecule has 2 fully saturated rings. The minimum absolute atomic E-state index is 0.111. The summed E-state index contributed by atoms with van der Waals surface area (Å²) in [5, 5.41) is 2.83. The van der Waals surface area contributed by atoms with Crippen molar-refractivity contribution in [1.82, 2.24) is 9.21 Å². The Morgan fingerprint density at radius 1 is 1.27 bits per heavy atom. The highest BCUT2D eigenvalue weighted by atomic mass is 32.2. The van der Waals surface area contributed by atoms with Crippen LogP contribution in [0.3, 0.4) is 0 Å². The number of nitrogens with zero attached hydrogens (tertiary/aromatic N) is 2. The summed E-state index contributed by atoms with van der Waals surface area (Å²) in [6.07, 6.45) is 2.32. The van der Waals surface area contributed by atoms with E-state index in [0.717, 1.165) is 19.5 Å². The fourth-order valence-electron chi connectivity index (χ4n) is 3.50. The number of carbonyl (C=O) groups excluding carboxylic acids is 1. The molecule has 0 aromatic heterocycles. The zero-order valence-electron chi connectivity index (χ0n) is 15.2. The number of likely N-dealkylation sites (tertiary alicyclic amines) is 1. The van der Waals surface area contributed by atoms with Gasteiger partial charge < -0.3 is 10.1 Å². The Kier molecular flexibility index (Phi) is 6.29. The van der Waals surface area contributed by atoms with E-state index >= 15 is 0 Å². The SMILES string of the molecule is CC1CCCN(CC(=O)Nc2cccc(S(=O)(=O)N3CCOCC3)c2)C1. The highest BCUT2D eigenvalue weighted by Gasteiger charge is 2.26. The molecule has 144 valence electrons. The molecule has 2 aliphatic rings. The second-order valence-corrected chi connectivity index (χ2v) is 9.01. The van der Waals surface area contributed by atoms with E-state index in [2.05, 4.69) is 17.1 Å². The monoisotopic (exact) mass is 381 g/mol. The number of anilines is 1. The Morgan fingerprint density at radius 2 is 2.04 bits per heavy atom. The molecule has 8 heteroatoms. The topological polar surface area (TPSA) is 79.0 Å². The smallest absolute Gasteiger partial charge is 0.243 e. The predicted octanol–water partition coefficient (Wildman–Crippen LogP) is 1.38. The molecule has 2 aliphatic heterocycles. The van der Waals surface area contributed by atoms with Crippen LogP contribution in [0, 0.1) is 5.92 Å². The van der Waals surface area contributed by atoms with Gasteiger partial charge >= 0.3 is 0 Å². The minimum Gasteiger partial charge on any atom is -0.379 e. The lowest BCUT2D eigenvalue weighted by molar-refractivity contribution is -0.117. The Balaban J connectivity index is 1.64. The molecule has 3 rings (SSSR count). The molecule has 2 saturated heterocycles. The first-order chi connectivity index (χ1) is 12.4. The second-order valence-electron chi connectivity index (χ2n) is 7.07. The van der Waals surface area contributed by atoms with Crippen LogP contribution in [0.25, 0.3) is 0 Å². The number of hydrogen-bond donors (Lipinski definition) is 1. The van der Waals surface area contributed by atoms with Crippen molar-refractivity contribution < 1.29 is 17.9 Å². The maximum absolute atomic E-state index is 12.7. The molecular weight excluding hydrogens is 354 g/mol. The Labute approximate surface area is 155 Å². The number of carbonyl (C=O) groups is 1. The van der Waals surface area contributed by atoms with Crippen LogP contribution in [-0.2, 0) is 19.6 Å². The van der Waals surface area contributed by atoms with Crippen molar-refractivity contribution in [1.29, 1.82) is 0 Å². The molecule has 0 radical (unpaired) electrons. The van der Waals surface area contributed by atoms with Gasteiger partial charge in [0.05, 0.1) is 24.7 Å². The molecule has 0 saturated carbocycles. The van der Waals surface area contributed by atoms with Gasteiger partial charge in [-0.1, -0.05) is 13.0 Å². The third-order valence-electron chi connectivity index (χ3n) is 4.83. The molecule has 7 nitrogen and oxygen atoms in total. The van der Waals surface area contributed by atoms with Crippen molar-refractivity contribution in [3.05, 3.63) is 24.3 Å². The zero-order chi connectivity index (χ0) is 18.6. The number of morpholine rings is 1. The van der Waals surface area contributed by atoms with Crippen molar-refractivity contribution in [2.24, 2.45) is 5.92 Å². The van der Waals surface area contributed by atoms with Crippen LogP contribution in [0.4, 0.5) is 5.69 Å². The first-order valence-electron chi connectivity index (χ1n) is 9.15. The van der Waals surface area contributed by atoms with Crippen molar-refractivity contribution >= 4 is 21.6 Å². The second kappa shape index (κ2) is 8.47. The van der Waals surface area contributed by atoms with Crippen LogP contribution in [0.15, 0.2) is 29.2 Å². The molecule has 0 aliphatic carbocycles. The molecule has 1 unspecified atom stereocenters. The summed E-state index contributed by atoms with van der Waals surface area (Å²) in [6, 6.07) is 6.47. The van der Waals surface area contributed by atoms with Crippen molar-refractivity contribution in [3.63, 3.8) is 0 Å². The normalized spacial score (nSPS) is 22.9. The average molecular weight is 381 g/mol. The van der Waals surface area contributed by atoms with Gasteiger partial charge in [0.15, 0.2) is 0 Å². The Bertz CT molecular complexity index is 732. The van der Waals surface area contributed by atoms with Gasteiger partial charge in [0, 0.05) is 25.3 Å². The van der Waals surface area contributed by atoms with Crippen LogP contribution in [0.2, 0.25) is 0 Å². The van der Waals surface area contributed by atoms with Gasteiger partial charge in [0.25, 0.3) is 0 Å². The molecule has 1 atom stereocenters. The third kappa shape index (κ3) is 4.82. The molecule has 0 spiro atoms. The van der Waals surface area contributed by atoms with E-state index in [0.29, 0.717) is 44.5 Å². The number of sulfonamides is 1. The molecule has 1 N–H and O–H groups in total. The summed E-state index contributed by atoms with van der Waals surface area (Å²) in [6.45, 7) is 5.92. The summed E-state index contributed by atoms with van der Waals surface area (Å²) in [5.41, 5.74) is 0.509. The number of rotatable bonds is 5. The lowest BCUT2D eigenvalue weighted by Crippen LogP contribution is -2.40. The van der Waals surface area contributed by atoms with E-state index < -0.39 is 10.0 Å². The molecule has 1 aromatic carbocycles. The van der Waals surface area contributed by atoms with E-state index in [1.165, 1.54) is 16.8 Å². The lowest BCUT2D eigenvalue weighted by atomic mass is 10.0. The fraction of sp³-hybridized carbons (Fsp3) is 0.611. The van der Waals surface area contributed by atoms with E-state index in [4.69, 9.17) is 4.74 Å². The number of benzene rings is 1. The van der Waals surface area contributed by atoms with E-state index in [9.17, 15) is 13.2 Å². The molecule has 1 amide bonds. The summed E-state index contributed by atoms with van der Waals surface area (Å²) >= 11 is 0. The van der Waals surface area contributed by atoms with Crippen molar-refractivity contribution in [3.8, 4) is 0 Å². The van der Waals surface area contributed by atoms with Gasteiger partial charge in [-0.05, 0) is 43.5 Å². The molecule has 2 heterocycles.